The second-order valence-corrected chi connectivity index (χ2v) is 7.92. The van der Waals surface area contributed by atoms with Gasteiger partial charge in [0.1, 0.15) is 0 Å². The first kappa shape index (κ1) is 21.5. The van der Waals surface area contributed by atoms with E-state index in [9.17, 15) is 0 Å². The maximum Gasteiger partial charge on any atom is 0.231 e. The van der Waals surface area contributed by atoms with E-state index in [2.05, 4.69) is 41.0 Å². The van der Waals surface area contributed by atoms with E-state index in [4.69, 9.17) is 14.2 Å². The van der Waals surface area contributed by atoms with Crippen molar-refractivity contribution in [2.45, 2.75) is 43.9 Å². The van der Waals surface area contributed by atoms with Gasteiger partial charge in [0.05, 0.1) is 0 Å². The number of guanidine groups is 1. The molecule has 2 aliphatic heterocycles. The second kappa shape index (κ2) is 10.5. The van der Waals surface area contributed by atoms with Crippen LogP contribution in [0.5, 0.6) is 11.5 Å². The van der Waals surface area contributed by atoms with Gasteiger partial charge in [0.25, 0.3) is 0 Å². The molecule has 0 spiro atoms. The van der Waals surface area contributed by atoms with Crippen LogP contribution < -0.4 is 14.8 Å². The fourth-order valence-corrected chi connectivity index (χ4v) is 4.11. The van der Waals surface area contributed by atoms with E-state index in [1.54, 1.807) is 0 Å². The van der Waals surface area contributed by atoms with Crippen molar-refractivity contribution in [1.29, 1.82) is 0 Å². The van der Waals surface area contributed by atoms with Gasteiger partial charge in [-0.25, -0.2) is 0 Å². The fourth-order valence-electron chi connectivity index (χ4n) is 4.11. The molecule has 1 aromatic rings. The van der Waals surface area contributed by atoms with E-state index >= 15 is 0 Å². The van der Waals surface area contributed by atoms with Crippen molar-refractivity contribution in [1.82, 2.24) is 10.2 Å². The van der Waals surface area contributed by atoms with Crippen LogP contribution in [0.3, 0.4) is 0 Å². The Morgan fingerprint density at radius 3 is 2.76 bits per heavy atom. The summed E-state index contributed by atoms with van der Waals surface area (Å²) in [7, 11) is 3.97. The van der Waals surface area contributed by atoms with Crippen LogP contribution in [0.4, 0.5) is 0 Å². The first-order valence-electron chi connectivity index (χ1n) is 10.7. The topological polar surface area (TPSA) is 55.3 Å². The molecule has 0 amide bonds. The quantitative estimate of drug-likeness (QED) is 0.296. The van der Waals surface area contributed by atoms with Crippen molar-refractivity contribution >= 4 is 5.96 Å². The number of benzene rings is 1. The molecule has 0 unspecified atom stereocenters. The van der Waals surface area contributed by atoms with Gasteiger partial charge in [-0.2, -0.15) is 0 Å². The van der Waals surface area contributed by atoms with Crippen LogP contribution in [0.1, 0.15) is 44.1 Å². The molecule has 2 aliphatic rings. The van der Waals surface area contributed by atoms with E-state index in [1.165, 1.54) is 18.4 Å². The van der Waals surface area contributed by atoms with Gasteiger partial charge in [0.15, 0.2) is 17.5 Å². The zero-order valence-electron chi connectivity index (χ0n) is 17.9. The molecule has 0 radical (unpaired) electrons. The number of aliphatic imine (C=N–C) groups is 1. The number of rotatable bonds is 9. The fraction of sp³-hybridized carbons (Fsp3) is 0.609. The smallest absolute Gasteiger partial charge is 0.231 e. The maximum absolute atomic E-state index is 5.67. The molecule has 160 valence electrons. The minimum Gasteiger partial charge on any atom is -0.454 e. The average molecular weight is 402 g/mol. The van der Waals surface area contributed by atoms with Crippen molar-refractivity contribution in [3.05, 3.63) is 36.4 Å². The lowest BCUT2D eigenvalue weighted by molar-refractivity contribution is 0.0511. The van der Waals surface area contributed by atoms with Gasteiger partial charge in [-0.15, -0.1) is 6.58 Å². The third-order valence-corrected chi connectivity index (χ3v) is 5.99. The van der Waals surface area contributed by atoms with Gasteiger partial charge in [-0.3, -0.25) is 4.99 Å². The highest BCUT2D eigenvalue weighted by Crippen LogP contribution is 2.40. The predicted octanol–water partition coefficient (Wildman–Crippen LogP) is 3.72. The molecule has 0 saturated carbocycles. The van der Waals surface area contributed by atoms with Crippen LogP contribution in [0.15, 0.2) is 35.8 Å². The van der Waals surface area contributed by atoms with E-state index in [-0.39, 0.29) is 5.41 Å². The summed E-state index contributed by atoms with van der Waals surface area (Å²) >= 11 is 0. The standard InChI is InChI=1S/C23H35N3O3/c1-4-5-6-7-8-13-26(3)22(24-2)25-17-23(11-14-27-15-12-23)19-9-10-20-21(16-19)29-18-28-20/h4,9-10,16H,1,5-8,11-15,17-18H2,2-3H3,(H,24,25). The number of nitrogens with zero attached hydrogens (tertiary/aromatic N) is 2. The Balaban J connectivity index is 1.63. The third kappa shape index (κ3) is 5.44. The zero-order valence-corrected chi connectivity index (χ0v) is 17.9. The van der Waals surface area contributed by atoms with Gasteiger partial charge < -0.3 is 24.4 Å². The molecule has 1 N–H and O–H groups in total. The Hall–Kier alpha value is -2.21. The highest BCUT2D eigenvalue weighted by Gasteiger charge is 2.36. The monoisotopic (exact) mass is 401 g/mol. The Morgan fingerprint density at radius 1 is 1.21 bits per heavy atom. The number of hydrogen-bond acceptors (Lipinski definition) is 4. The molecule has 0 aliphatic carbocycles. The summed E-state index contributed by atoms with van der Waals surface area (Å²) in [5, 5.41) is 3.63. The highest BCUT2D eigenvalue weighted by molar-refractivity contribution is 5.79. The Kier molecular flexibility index (Phi) is 7.81. The molecular formula is C23H35N3O3. The predicted molar refractivity (Wildman–Crippen MR) is 117 cm³/mol. The van der Waals surface area contributed by atoms with Crippen molar-refractivity contribution in [2.24, 2.45) is 4.99 Å². The first-order chi connectivity index (χ1) is 14.2. The van der Waals surface area contributed by atoms with Crippen molar-refractivity contribution in [3.63, 3.8) is 0 Å². The molecule has 3 rings (SSSR count). The molecule has 1 fully saturated rings. The summed E-state index contributed by atoms with van der Waals surface area (Å²) in [5.74, 6) is 2.62. The summed E-state index contributed by atoms with van der Waals surface area (Å²) in [6.45, 7) is 7.46. The zero-order chi connectivity index (χ0) is 20.5. The van der Waals surface area contributed by atoms with E-state index in [1.807, 2.05) is 19.2 Å². The summed E-state index contributed by atoms with van der Waals surface area (Å²) < 4.78 is 16.8. The summed E-state index contributed by atoms with van der Waals surface area (Å²) in [5.41, 5.74) is 1.28. The first-order valence-corrected chi connectivity index (χ1v) is 10.7. The lowest BCUT2D eigenvalue weighted by atomic mass is 9.74. The number of allylic oxidation sites excluding steroid dienone is 1. The highest BCUT2D eigenvalue weighted by atomic mass is 16.7. The number of unbranched alkanes of at least 4 members (excludes halogenated alkanes) is 3. The lowest BCUT2D eigenvalue weighted by Gasteiger charge is -2.39. The van der Waals surface area contributed by atoms with Crippen LogP contribution >= 0.6 is 0 Å². The Bertz CT molecular complexity index is 699. The van der Waals surface area contributed by atoms with Gasteiger partial charge in [0.2, 0.25) is 6.79 Å². The SMILES string of the molecule is C=CCCCCCN(C)C(=NC)NCC1(c2ccc3c(c2)OCO3)CCOCC1. The number of nitrogens with one attached hydrogen (secondary N) is 1. The van der Waals surface area contributed by atoms with Gasteiger partial charge in [-0.1, -0.05) is 18.6 Å². The van der Waals surface area contributed by atoms with E-state index < -0.39 is 0 Å². The van der Waals surface area contributed by atoms with Crippen molar-refractivity contribution < 1.29 is 14.2 Å². The lowest BCUT2D eigenvalue weighted by Crippen LogP contribution is -2.48. The molecule has 0 atom stereocenters. The van der Waals surface area contributed by atoms with E-state index in [0.29, 0.717) is 6.79 Å². The molecule has 1 saturated heterocycles. The van der Waals surface area contributed by atoms with Gasteiger partial charge in [-0.05, 0) is 49.8 Å². The summed E-state index contributed by atoms with van der Waals surface area (Å²) in [4.78, 5) is 6.73. The molecule has 6 nitrogen and oxygen atoms in total. The van der Waals surface area contributed by atoms with Crippen LogP contribution in [-0.4, -0.2) is 58.1 Å². The normalized spacial score (nSPS) is 17.8. The van der Waals surface area contributed by atoms with Crippen LogP contribution in [0.2, 0.25) is 0 Å². The number of hydrogen-bond donors (Lipinski definition) is 1. The van der Waals surface area contributed by atoms with Crippen molar-refractivity contribution in [2.75, 3.05) is 47.2 Å². The summed E-state index contributed by atoms with van der Waals surface area (Å²) in [6.07, 6.45) is 8.61. The largest absolute Gasteiger partial charge is 0.454 e. The van der Waals surface area contributed by atoms with Crippen LogP contribution in [0.25, 0.3) is 0 Å². The molecular weight excluding hydrogens is 366 g/mol. The minimum absolute atomic E-state index is 0.0000292. The van der Waals surface area contributed by atoms with Gasteiger partial charge in [0, 0.05) is 45.8 Å². The third-order valence-electron chi connectivity index (χ3n) is 5.99. The van der Waals surface area contributed by atoms with Crippen LogP contribution in [-0.2, 0) is 10.2 Å². The molecule has 0 aromatic heterocycles. The number of fused-ring (bicyclic) bond motifs is 1. The molecule has 0 bridgehead atoms. The second-order valence-electron chi connectivity index (χ2n) is 7.92. The average Bonchev–Trinajstić information content (AvgIpc) is 3.22. The molecule has 1 aromatic carbocycles. The minimum atomic E-state index is -0.0000292. The molecule has 29 heavy (non-hydrogen) atoms. The van der Waals surface area contributed by atoms with E-state index in [0.717, 1.165) is 69.4 Å². The van der Waals surface area contributed by atoms with Crippen LogP contribution in [0, 0.1) is 0 Å². The molecule has 6 heteroatoms. The van der Waals surface area contributed by atoms with Gasteiger partial charge >= 0.3 is 0 Å². The number of ether oxygens (including phenoxy) is 3. The summed E-state index contributed by atoms with van der Waals surface area (Å²) in [6, 6.07) is 6.34. The Labute approximate surface area is 174 Å². The maximum atomic E-state index is 5.67. The molecule has 2 heterocycles. The van der Waals surface area contributed by atoms with Crippen molar-refractivity contribution in [3.8, 4) is 11.5 Å². The Morgan fingerprint density at radius 2 is 2.00 bits per heavy atom.